The molecular weight excluding hydrogens is 216 g/mol. The molecule has 1 aromatic rings. The third kappa shape index (κ3) is 2.84. The Kier molecular flexibility index (Phi) is 3.42. The maximum atomic E-state index is 10.9. The molecule has 1 unspecified atom stereocenters. The second-order valence-electron chi connectivity index (χ2n) is 4.40. The Morgan fingerprint density at radius 1 is 1.41 bits per heavy atom. The van der Waals surface area contributed by atoms with Crippen molar-refractivity contribution in [3.8, 4) is 0 Å². The lowest BCUT2D eigenvalue weighted by Gasteiger charge is -2.20. The summed E-state index contributed by atoms with van der Waals surface area (Å²) in [5, 5.41) is 14.2. The Morgan fingerprint density at radius 2 is 2.24 bits per heavy atom. The van der Waals surface area contributed by atoms with Gasteiger partial charge in [-0.2, -0.15) is 0 Å². The van der Waals surface area contributed by atoms with E-state index < -0.39 is 0 Å². The normalized spacial score (nSPS) is 19.0. The molecule has 0 saturated carbocycles. The van der Waals surface area contributed by atoms with Crippen LogP contribution < -0.4 is 5.32 Å². The first-order valence-electron chi connectivity index (χ1n) is 5.83. The number of nitro benzene ring substituents is 1. The minimum Gasteiger partial charge on any atom is -0.376 e. The minimum absolute atomic E-state index is 0.158. The third-order valence-electron chi connectivity index (χ3n) is 2.98. The highest BCUT2D eigenvalue weighted by atomic mass is 16.6. The van der Waals surface area contributed by atoms with E-state index in [0.717, 1.165) is 24.8 Å². The second kappa shape index (κ2) is 4.99. The van der Waals surface area contributed by atoms with Crippen LogP contribution in [0.1, 0.15) is 24.8 Å². The predicted molar refractivity (Wildman–Crippen MR) is 68.2 cm³/mol. The summed E-state index contributed by atoms with van der Waals surface area (Å²) in [5.41, 5.74) is 1.82. The maximum absolute atomic E-state index is 10.9. The number of benzene rings is 1. The molecule has 0 spiro atoms. The van der Waals surface area contributed by atoms with Gasteiger partial charge in [0, 0.05) is 12.1 Å². The number of rotatable bonds is 3. The van der Waals surface area contributed by atoms with Crippen molar-refractivity contribution in [2.45, 2.75) is 32.2 Å². The number of anilines is 1. The number of aryl methyl sites for hydroxylation is 1. The SMILES string of the molecule is Cc1ccc([N+](=O)[O-])c(NC2CC=CCC2)c1. The molecule has 1 aliphatic rings. The number of allylic oxidation sites excluding steroid dienone is 1. The van der Waals surface area contributed by atoms with E-state index in [0.29, 0.717) is 11.7 Å². The van der Waals surface area contributed by atoms with Gasteiger partial charge >= 0.3 is 0 Å². The minimum atomic E-state index is -0.333. The molecule has 0 bridgehead atoms. The van der Waals surface area contributed by atoms with E-state index in [4.69, 9.17) is 0 Å². The smallest absolute Gasteiger partial charge is 0.292 e. The summed E-state index contributed by atoms with van der Waals surface area (Å²) < 4.78 is 0. The largest absolute Gasteiger partial charge is 0.376 e. The average Bonchev–Trinajstić information content (AvgIpc) is 2.30. The van der Waals surface area contributed by atoms with Crippen LogP contribution in [0.4, 0.5) is 11.4 Å². The fourth-order valence-electron chi connectivity index (χ4n) is 2.07. The lowest BCUT2D eigenvalue weighted by atomic mass is 10.0. The fraction of sp³-hybridized carbons (Fsp3) is 0.385. The highest BCUT2D eigenvalue weighted by Crippen LogP contribution is 2.27. The van der Waals surface area contributed by atoms with Gasteiger partial charge in [-0.05, 0) is 37.8 Å². The van der Waals surface area contributed by atoms with Gasteiger partial charge in [0.05, 0.1) is 4.92 Å². The summed E-state index contributed by atoms with van der Waals surface area (Å²) in [6.07, 6.45) is 7.29. The van der Waals surface area contributed by atoms with Gasteiger partial charge in [0.15, 0.2) is 0 Å². The highest BCUT2D eigenvalue weighted by molar-refractivity contribution is 5.63. The van der Waals surface area contributed by atoms with Crippen LogP contribution in [0.15, 0.2) is 30.4 Å². The molecule has 1 N–H and O–H groups in total. The third-order valence-corrected chi connectivity index (χ3v) is 2.98. The van der Waals surface area contributed by atoms with Gasteiger partial charge < -0.3 is 5.32 Å². The van der Waals surface area contributed by atoms with Crippen molar-refractivity contribution < 1.29 is 4.92 Å². The number of nitrogens with one attached hydrogen (secondary N) is 1. The van der Waals surface area contributed by atoms with E-state index in [9.17, 15) is 10.1 Å². The summed E-state index contributed by atoms with van der Waals surface area (Å²) in [6.45, 7) is 1.94. The van der Waals surface area contributed by atoms with Crippen molar-refractivity contribution in [1.82, 2.24) is 0 Å². The topological polar surface area (TPSA) is 55.2 Å². The van der Waals surface area contributed by atoms with Gasteiger partial charge in [-0.25, -0.2) is 0 Å². The molecule has 0 aromatic heterocycles. The van der Waals surface area contributed by atoms with E-state index in [1.165, 1.54) is 0 Å². The van der Waals surface area contributed by atoms with Crippen molar-refractivity contribution in [2.75, 3.05) is 5.32 Å². The summed E-state index contributed by atoms with van der Waals surface area (Å²) in [7, 11) is 0. The Morgan fingerprint density at radius 3 is 2.88 bits per heavy atom. The van der Waals surface area contributed by atoms with E-state index in [2.05, 4.69) is 17.5 Å². The summed E-state index contributed by atoms with van der Waals surface area (Å²) in [5.74, 6) is 0. The first-order valence-corrected chi connectivity index (χ1v) is 5.83. The van der Waals surface area contributed by atoms with Crippen LogP contribution >= 0.6 is 0 Å². The molecule has 1 aromatic carbocycles. The van der Waals surface area contributed by atoms with Crippen molar-refractivity contribution in [3.05, 3.63) is 46.0 Å². The standard InChI is InChI=1S/C13H16N2O2/c1-10-7-8-13(15(16)17)12(9-10)14-11-5-3-2-4-6-11/h2-3,7-9,11,14H,4-6H2,1H3. The van der Waals surface area contributed by atoms with Gasteiger partial charge in [-0.1, -0.05) is 18.2 Å². The van der Waals surface area contributed by atoms with Crippen LogP contribution in [0, 0.1) is 17.0 Å². The predicted octanol–water partition coefficient (Wildman–Crippen LogP) is 3.42. The van der Waals surface area contributed by atoms with Crippen LogP contribution in [0.3, 0.4) is 0 Å². The number of hydrogen-bond acceptors (Lipinski definition) is 3. The maximum Gasteiger partial charge on any atom is 0.292 e. The monoisotopic (exact) mass is 232 g/mol. The molecule has 4 nitrogen and oxygen atoms in total. The van der Waals surface area contributed by atoms with Crippen LogP contribution in [0.2, 0.25) is 0 Å². The first-order chi connectivity index (χ1) is 8.16. The molecule has 4 heteroatoms. The quantitative estimate of drug-likeness (QED) is 0.493. The zero-order chi connectivity index (χ0) is 12.3. The summed E-state index contributed by atoms with van der Waals surface area (Å²) in [4.78, 5) is 10.6. The highest BCUT2D eigenvalue weighted by Gasteiger charge is 2.17. The number of nitrogens with zero attached hydrogens (tertiary/aromatic N) is 1. The van der Waals surface area contributed by atoms with Crippen LogP contribution in [0.5, 0.6) is 0 Å². The van der Waals surface area contributed by atoms with Crippen molar-refractivity contribution >= 4 is 11.4 Å². The lowest BCUT2D eigenvalue weighted by molar-refractivity contribution is -0.384. The summed E-state index contributed by atoms with van der Waals surface area (Å²) >= 11 is 0. The molecule has 1 atom stereocenters. The van der Waals surface area contributed by atoms with Crippen LogP contribution in [0.25, 0.3) is 0 Å². The molecule has 1 aliphatic carbocycles. The van der Waals surface area contributed by atoms with Crippen molar-refractivity contribution in [1.29, 1.82) is 0 Å². The molecule has 2 rings (SSSR count). The van der Waals surface area contributed by atoms with Crippen LogP contribution in [-0.2, 0) is 0 Å². The number of nitro groups is 1. The molecule has 0 amide bonds. The van der Waals surface area contributed by atoms with Crippen molar-refractivity contribution in [3.63, 3.8) is 0 Å². The second-order valence-corrected chi connectivity index (χ2v) is 4.40. The molecule has 17 heavy (non-hydrogen) atoms. The van der Waals surface area contributed by atoms with Gasteiger partial charge in [-0.3, -0.25) is 10.1 Å². The Hall–Kier alpha value is -1.84. The fourth-order valence-corrected chi connectivity index (χ4v) is 2.07. The van der Waals surface area contributed by atoms with E-state index in [1.807, 2.05) is 13.0 Å². The Labute approximate surface area is 100 Å². The molecule has 0 saturated heterocycles. The van der Waals surface area contributed by atoms with E-state index >= 15 is 0 Å². The van der Waals surface area contributed by atoms with Gasteiger partial charge in [0.25, 0.3) is 5.69 Å². The summed E-state index contributed by atoms with van der Waals surface area (Å²) in [6, 6.07) is 5.48. The van der Waals surface area contributed by atoms with E-state index in [-0.39, 0.29) is 10.6 Å². The van der Waals surface area contributed by atoms with E-state index in [1.54, 1.807) is 12.1 Å². The Balaban J connectivity index is 2.21. The Bertz CT molecular complexity index is 455. The molecule has 0 aliphatic heterocycles. The molecule has 0 fully saturated rings. The molecular formula is C13H16N2O2. The molecule has 0 radical (unpaired) electrons. The van der Waals surface area contributed by atoms with Gasteiger partial charge in [-0.15, -0.1) is 0 Å². The first kappa shape index (κ1) is 11.6. The van der Waals surface area contributed by atoms with Gasteiger partial charge in [0.1, 0.15) is 5.69 Å². The zero-order valence-corrected chi connectivity index (χ0v) is 9.85. The molecule has 0 heterocycles. The average molecular weight is 232 g/mol. The van der Waals surface area contributed by atoms with Gasteiger partial charge in [0.2, 0.25) is 0 Å². The zero-order valence-electron chi connectivity index (χ0n) is 9.85. The lowest BCUT2D eigenvalue weighted by Crippen LogP contribution is -2.20. The number of hydrogen-bond donors (Lipinski definition) is 1. The van der Waals surface area contributed by atoms with Crippen molar-refractivity contribution in [2.24, 2.45) is 0 Å². The molecule has 90 valence electrons. The van der Waals surface area contributed by atoms with Crippen LogP contribution in [-0.4, -0.2) is 11.0 Å².